The number of para-hydroxylation sites is 1. The number of fused-ring (bicyclic) bond motifs is 1. The Bertz CT molecular complexity index is 964. The van der Waals surface area contributed by atoms with Crippen LogP contribution in [0.3, 0.4) is 0 Å². The predicted molar refractivity (Wildman–Crippen MR) is 102 cm³/mol. The second-order valence-corrected chi connectivity index (χ2v) is 6.13. The van der Waals surface area contributed by atoms with Gasteiger partial charge in [0.05, 0.1) is 5.52 Å². The first-order valence-corrected chi connectivity index (χ1v) is 8.63. The lowest BCUT2D eigenvalue weighted by Crippen LogP contribution is -2.31. The Kier molecular flexibility index (Phi) is 5.37. The topological polar surface area (TPSA) is 51.5 Å². The van der Waals surface area contributed by atoms with E-state index in [0.29, 0.717) is 18.8 Å². The maximum Gasteiger partial charge on any atom is 0.260 e. The summed E-state index contributed by atoms with van der Waals surface area (Å²) in [6.45, 7) is 2.92. The van der Waals surface area contributed by atoms with E-state index in [4.69, 9.17) is 4.74 Å². The first-order valence-electron chi connectivity index (χ1n) is 8.63. The fourth-order valence-corrected chi connectivity index (χ4v) is 2.94. The molecule has 3 aromatic rings. The molecule has 5 nitrogen and oxygen atoms in total. The van der Waals surface area contributed by atoms with Crippen LogP contribution in [0.15, 0.2) is 65.5 Å². The minimum absolute atomic E-state index is 0.108. The quantitative estimate of drug-likeness (QED) is 0.687. The Hall–Kier alpha value is -3.08. The first-order chi connectivity index (χ1) is 12.6. The van der Waals surface area contributed by atoms with Gasteiger partial charge in [-0.3, -0.25) is 9.59 Å². The lowest BCUT2D eigenvalue weighted by Gasteiger charge is -2.18. The van der Waals surface area contributed by atoms with Crippen molar-refractivity contribution in [3.8, 4) is 5.75 Å². The maximum absolute atomic E-state index is 12.4. The van der Waals surface area contributed by atoms with Gasteiger partial charge in [-0.1, -0.05) is 42.5 Å². The van der Waals surface area contributed by atoms with Crippen LogP contribution in [0, 0.1) is 0 Å². The highest BCUT2D eigenvalue weighted by molar-refractivity contribution is 5.86. The fourth-order valence-electron chi connectivity index (χ4n) is 2.94. The Morgan fingerprint density at radius 2 is 1.77 bits per heavy atom. The summed E-state index contributed by atoms with van der Waals surface area (Å²) >= 11 is 0. The Balaban J connectivity index is 1.75. The molecule has 0 saturated carbocycles. The summed E-state index contributed by atoms with van der Waals surface area (Å²) < 4.78 is 7.40. The van der Waals surface area contributed by atoms with E-state index in [0.717, 1.165) is 16.5 Å². The number of benzene rings is 2. The smallest absolute Gasteiger partial charge is 0.260 e. The van der Waals surface area contributed by atoms with Crippen molar-refractivity contribution >= 4 is 16.8 Å². The van der Waals surface area contributed by atoms with Gasteiger partial charge in [-0.05, 0) is 24.6 Å². The summed E-state index contributed by atoms with van der Waals surface area (Å²) in [4.78, 5) is 26.3. The number of likely N-dealkylation sites (N-methyl/N-ethyl adjacent to an activating group) is 1. The molecule has 0 saturated heterocycles. The number of hydrogen-bond donors (Lipinski definition) is 0. The molecular weight excluding hydrogens is 328 g/mol. The van der Waals surface area contributed by atoms with E-state index in [-0.39, 0.29) is 18.1 Å². The van der Waals surface area contributed by atoms with Crippen molar-refractivity contribution in [1.29, 1.82) is 0 Å². The highest BCUT2D eigenvalue weighted by Crippen LogP contribution is 2.23. The SMILES string of the molecule is CCn1c(=O)cc(OCC(=O)N(C)Cc2ccccc2)c2ccccc21. The molecule has 0 aliphatic heterocycles. The molecule has 0 unspecified atom stereocenters. The molecule has 134 valence electrons. The molecule has 2 aromatic carbocycles. The van der Waals surface area contributed by atoms with Crippen LogP contribution < -0.4 is 10.3 Å². The lowest BCUT2D eigenvalue weighted by atomic mass is 10.2. The van der Waals surface area contributed by atoms with E-state index in [2.05, 4.69) is 0 Å². The second kappa shape index (κ2) is 7.87. The van der Waals surface area contributed by atoms with Crippen LogP contribution in [-0.2, 0) is 17.9 Å². The molecule has 0 bridgehead atoms. The number of ether oxygens (including phenoxy) is 1. The predicted octanol–water partition coefficient (Wildman–Crippen LogP) is 3.06. The Morgan fingerprint density at radius 1 is 1.08 bits per heavy atom. The fraction of sp³-hybridized carbons (Fsp3) is 0.238. The van der Waals surface area contributed by atoms with Crippen LogP contribution in [-0.4, -0.2) is 29.0 Å². The van der Waals surface area contributed by atoms with Gasteiger partial charge in [0, 0.05) is 31.6 Å². The summed E-state index contributed by atoms with van der Waals surface area (Å²) in [5.74, 6) is 0.300. The zero-order valence-corrected chi connectivity index (χ0v) is 15.0. The average molecular weight is 350 g/mol. The summed E-state index contributed by atoms with van der Waals surface area (Å²) in [7, 11) is 1.74. The molecule has 0 aliphatic rings. The van der Waals surface area contributed by atoms with Gasteiger partial charge in [-0.25, -0.2) is 0 Å². The van der Waals surface area contributed by atoms with Crippen LogP contribution in [0.5, 0.6) is 5.75 Å². The number of hydrogen-bond acceptors (Lipinski definition) is 3. The van der Waals surface area contributed by atoms with Gasteiger partial charge >= 0.3 is 0 Å². The van der Waals surface area contributed by atoms with Gasteiger partial charge in [-0.15, -0.1) is 0 Å². The molecule has 1 amide bonds. The van der Waals surface area contributed by atoms with Crippen molar-refractivity contribution in [3.63, 3.8) is 0 Å². The van der Waals surface area contributed by atoms with Gasteiger partial charge in [0.15, 0.2) is 6.61 Å². The van der Waals surface area contributed by atoms with E-state index < -0.39 is 0 Å². The molecule has 0 radical (unpaired) electrons. The number of nitrogens with zero attached hydrogens (tertiary/aromatic N) is 2. The highest BCUT2D eigenvalue weighted by Gasteiger charge is 2.13. The van der Waals surface area contributed by atoms with E-state index >= 15 is 0 Å². The summed E-state index contributed by atoms with van der Waals surface area (Å²) in [5, 5.41) is 0.826. The molecule has 1 heterocycles. The highest BCUT2D eigenvalue weighted by atomic mass is 16.5. The van der Waals surface area contributed by atoms with Crippen molar-refractivity contribution in [2.75, 3.05) is 13.7 Å². The van der Waals surface area contributed by atoms with E-state index in [1.165, 1.54) is 6.07 Å². The van der Waals surface area contributed by atoms with Crippen molar-refractivity contribution in [2.45, 2.75) is 20.0 Å². The van der Waals surface area contributed by atoms with E-state index in [9.17, 15) is 9.59 Å². The maximum atomic E-state index is 12.4. The van der Waals surface area contributed by atoms with Gasteiger partial charge in [0.1, 0.15) is 5.75 Å². The third-order valence-corrected chi connectivity index (χ3v) is 4.34. The molecule has 1 aromatic heterocycles. The summed E-state index contributed by atoms with van der Waals surface area (Å²) in [6.07, 6.45) is 0. The van der Waals surface area contributed by atoms with Gasteiger partial charge in [0.2, 0.25) is 0 Å². The average Bonchev–Trinajstić information content (AvgIpc) is 2.66. The molecule has 26 heavy (non-hydrogen) atoms. The van der Waals surface area contributed by atoms with Gasteiger partial charge in [-0.2, -0.15) is 0 Å². The van der Waals surface area contributed by atoms with Gasteiger partial charge in [0.25, 0.3) is 11.5 Å². The molecule has 0 aliphatic carbocycles. The lowest BCUT2D eigenvalue weighted by molar-refractivity contribution is -0.132. The molecule has 0 spiro atoms. The minimum Gasteiger partial charge on any atom is -0.483 e. The number of amides is 1. The van der Waals surface area contributed by atoms with Crippen LogP contribution in [0.2, 0.25) is 0 Å². The number of carbonyl (C=O) groups is 1. The zero-order chi connectivity index (χ0) is 18.5. The largest absolute Gasteiger partial charge is 0.483 e. The monoisotopic (exact) mass is 350 g/mol. The number of aromatic nitrogens is 1. The zero-order valence-electron chi connectivity index (χ0n) is 15.0. The van der Waals surface area contributed by atoms with Crippen LogP contribution in [0.4, 0.5) is 0 Å². The van der Waals surface area contributed by atoms with Crippen molar-refractivity contribution in [3.05, 3.63) is 76.6 Å². The third-order valence-electron chi connectivity index (χ3n) is 4.34. The molecule has 3 rings (SSSR count). The van der Waals surface area contributed by atoms with E-state index in [1.54, 1.807) is 16.5 Å². The standard InChI is InChI=1S/C21H22N2O3/c1-3-23-18-12-8-7-11-17(18)19(13-20(23)24)26-15-21(25)22(2)14-16-9-5-4-6-10-16/h4-13H,3,14-15H2,1-2H3. The molecular formula is C21H22N2O3. The van der Waals surface area contributed by atoms with E-state index in [1.807, 2.05) is 61.5 Å². The minimum atomic E-state index is -0.141. The number of pyridine rings is 1. The van der Waals surface area contributed by atoms with Crippen LogP contribution in [0.1, 0.15) is 12.5 Å². The van der Waals surface area contributed by atoms with Crippen LogP contribution >= 0.6 is 0 Å². The summed E-state index contributed by atoms with van der Waals surface area (Å²) in [6, 6.07) is 18.8. The second-order valence-electron chi connectivity index (χ2n) is 6.13. The Morgan fingerprint density at radius 3 is 2.50 bits per heavy atom. The molecule has 0 fully saturated rings. The van der Waals surface area contributed by atoms with Crippen LogP contribution in [0.25, 0.3) is 10.9 Å². The number of carbonyl (C=O) groups excluding carboxylic acids is 1. The third kappa shape index (κ3) is 3.77. The van der Waals surface area contributed by atoms with Gasteiger partial charge < -0.3 is 14.2 Å². The van der Waals surface area contributed by atoms with Crippen molar-refractivity contribution in [1.82, 2.24) is 9.47 Å². The first kappa shape index (κ1) is 17.7. The molecule has 0 N–H and O–H groups in total. The van der Waals surface area contributed by atoms with Crippen molar-refractivity contribution < 1.29 is 9.53 Å². The number of rotatable bonds is 6. The Labute approximate surface area is 152 Å². The normalized spacial score (nSPS) is 10.7. The summed E-state index contributed by atoms with van der Waals surface area (Å²) in [5.41, 5.74) is 1.73. The van der Waals surface area contributed by atoms with Crippen molar-refractivity contribution in [2.24, 2.45) is 0 Å². The molecule has 5 heteroatoms. The number of aryl methyl sites for hydroxylation is 1. The molecule has 0 atom stereocenters.